The maximum absolute atomic E-state index is 10.7. The first-order valence-electron chi connectivity index (χ1n) is 8.11. The number of hydrogen-bond donors (Lipinski definition) is 1. The number of benzene rings is 2. The zero-order chi connectivity index (χ0) is 16.9. The molecule has 0 amide bonds. The van der Waals surface area contributed by atoms with Gasteiger partial charge in [0, 0.05) is 50.5 Å². The van der Waals surface area contributed by atoms with Crippen LogP contribution in [0.4, 0.5) is 11.4 Å². The number of nitro benzene ring substituents is 1. The van der Waals surface area contributed by atoms with Crippen LogP contribution in [0.15, 0.2) is 48.5 Å². The molecule has 126 valence electrons. The van der Waals surface area contributed by atoms with Gasteiger partial charge in [0.15, 0.2) is 0 Å². The fourth-order valence-electron chi connectivity index (χ4n) is 2.96. The van der Waals surface area contributed by atoms with E-state index < -0.39 is 0 Å². The molecule has 24 heavy (non-hydrogen) atoms. The molecule has 2 aromatic rings. The van der Waals surface area contributed by atoms with Gasteiger partial charge in [-0.15, -0.1) is 0 Å². The molecule has 3 rings (SSSR count). The molecular weight excluding hydrogens is 306 g/mol. The first-order valence-corrected chi connectivity index (χ1v) is 8.11. The van der Waals surface area contributed by atoms with Gasteiger partial charge in [0.25, 0.3) is 5.69 Å². The summed E-state index contributed by atoms with van der Waals surface area (Å²) in [5.41, 5.74) is 2.41. The lowest BCUT2D eigenvalue weighted by Crippen LogP contribution is -2.46. The van der Waals surface area contributed by atoms with Crippen molar-refractivity contribution in [1.82, 2.24) is 4.90 Å². The van der Waals surface area contributed by atoms with E-state index in [2.05, 4.69) is 9.80 Å². The fraction of sp³-hybridized carbons (Fsp3) is 0.333. The van der Waals surface area contributed by atoms with E-state index in [4.69, 9.17) is 0 Å². The Morgan fingerprint density at radius 3 is 2.17 bits per heavy atom. The van der Waals surface area contributed by atoms with Gasteiger partial charge in [-0.05, 0) is 36.2 Å². The molecule has 1 fully saturated rings. The summed E-state index contributed by atoms with van der Waals surface area (Å²) in [7, 11) is 0. The molecule has 0 radical (unpaired) electrons. The molecule has 1 heterocycles. The number of piperazine rings is 1. The van der Waals surface area contributed by atoms with Crippen LogP contribution in [-0.4, -0.2) is 47.7 Å². The second-order valence-corrected chi connectivity index (χ2v) is 6.02. The highest BCUT2D eigenvalue weighted by Gasteiger charge is 2.17. The zero-order valence-electron chi connectivity index (χ0n) is 13.5. The van der Waals surface area contributed by atoms with Crippen LogP contribution in [-0.2, 0) is 6.42 Å². The highest BCUT2D eigenvalue weighted by Crippen LogP contribution is 2.20. The molecule has 0 aromatic heterocycles. The van der Waals surface area contributed by atoms with Gasteiger partial charge < -0.3 is 10.0 Å². The molecular formula is C18H21N3O3. The average molecular weight is 327 g/mol. The number of nitrogens with zero attached hydrogens (tertiary/aromatic N) is 3. The summed E-state index contributed by atoms with van der Waals surface area (Å²) in [4.78, 5) is 15.0. The van der Waals surface area contributed by atoms with E-state index in [0.717, 1.165) is 50.4 Å². The Morgan fingerprint density at radius 1 is 0.958 bits per heavy atom. The van der Waals surface area contributed by atoms with Crippen molar-refractivity contribution in [3.05, 3.63) is 64.2 Å². The van der Waals surface area contributed by atoms with Gasteiger partial charge in [-0.1, -0.05) is 12.1 Å². The molecule has 6 nitrogen and oxygen atoms in total. The third-order valence-electron chi connectivity index (χ3n) is 4.45. The van der Waals surface area contributed by atoms with Crippen LogP contribution in [0.25, 0.3) is 0 Å². The van der Waals surface area contributed by atoms with E-state index in [-0.39, 0.29) is 10.6 Å². The van der Waals surface area contributed by atoms with Crippen molar-refractivity contribution in [3.8, 4) is 5.75 Å². The monoisotopic (exact) mass is 327 g/mol. The second kappa shape index (κ2) is 7.31. The Kier molecular flexibility index (Phi) is 4.96. The first kappa shape index (κ1) is 16.3. The van der Waals surface area contributed by atoms with Crippen LogP contribution in [0.3, 0.4) is 0 Å². The Morgan fingerprint density at radius 2 is 1.58 bits per heavy atom. The maximum atomic E-state index is 10.7. The molecule has 0 saturated carbocycles. The number of rotatable bonds is 5. The molecule has 0 aliphatic carbocycles. The zero-order valence-corrected chi connectivity index (χ0v) is 13.5. The molecule has 0 atom stereocenters. The second-order valence-electron chi connectivity index (χ2n) is 6.02. The Bertz CT molecular complexity index is 678. The molecule has 6 heteroatoms. The molecule has 0 bridgehead atoms. The highest BCUT2D eigenvalue weighted by atomic mass is 16.6. The Balaban J connectivity index is 1.47. The lowest BCUT2D eigenvalue weighted by atomic mass is 10.1. The number of phenolic OH excluding ortho intramolecular Hbond substituents is 1. The van der Waals surface area contributed by atoms with Crippen LogP contribution in [0.2, 0.25) is 0 Å². The van der Waals surface area contributed by atoms with Crippen molar-refractivity contribution in [2.24, 2.45) is 0 Å². The van der Waals surface area contributed by atoms with E-state index in [1.807, 2.05) is 24.3 Å². The summed E-state index contributed by atoms with van der Waals surface area (Å²) in [5, 5.41) is 20.0. The maximum Gasteiger partial charge on any atom is 0.269 e. The van der Waals surface area contributed by atoms with E-state index in [0.29, 0.717) is 5.75 Å². The van der Waals surface area contributed by atoms with Crippen molar-refractivity contribution in [2.75, 3.05) is 37.6 Å². The van der Waals surface area contributed by atoms with Gasteiger partial charge in [0.1, 0.15) is 5.75 Å². The largest absolute Gasteiger partial charge is 0.508 e. The SMILES string of the molecule is O=[N+]([O-])c1ccc(CCN2CCN(c3ccc(O)cc3)CC2)cc1. The summed E-state index contributed by atoms with van der Waals surface area (Å²) in [6.07, 6.45) is 0.900. The highest BCUT2D eigenvalue weighted by molar-refractivity contribution is 5.49. The van der Waals surface area contributed by atoms with Gasteiger partial charge >= 0.3 is 0 Å². The predicted octanol–water partition coefficient (Wildman–Crippen LogP) is 2.67. The Hall–Kier alpha value is -2.60. The molecule has 1 aliphatic heterocycles. The van der Waals surface area contributed by atoms with Crippen molar-refractivity contribution in [2.45, 2.75) is 6.42 Å². The number of nitro groups is 1. The summed E-state index contributed by atoms with van der Waals surface area (Å²) >= 11 is 0. The minimum absolute atomic E-state index is 0.140. The lowest BCUT2D eigenvalue weighted by molar-refractivity contribution is -0.384. The normalized spacial score (nSPS) is 15.4. The smallest absolute Gasteiger partial charge is 0.269 e. The summed E-state index contributed by atoms with van der Waals surface area (Å²) in [6.45, 7) is 4.87. The molecule has 1 aliphatic rings. The molecule has 0 spiro atoms. The van der Waals surface area contributed by atoms with Gasteiger partial charge in [-0.3, -0.25) is 15.0 Å². The molecule has 1 saturated heterocycles. The minimum Gasteiger partial charge on any atom is -0.508 e. The van der Waals surface area contributed by atoms with Crippen LogP contribution in [0.1, 0.15) is 5.56 Å². The predicted molar refractivity (Wildman–Crippen MR) is 93.6 cm³/mol. The quantitative estimate of drug-likeness (QED) is 0.675. The number of aromatic hydroxyl groups is 1. The standard InChI is InChI=1S/C18H21N3O3/c22-18-7-5-16(6-8-18)20-13-11-19(12-14-20)10-9-15-1-3-17(4-2-15)21(23)24/h1-8,22H,9-14H2. The lowest BCUT2D eigenvalue weighted by Gasteiger charge is -2.36. The third-order valence-corrected chi connectivity index (χ3v) is 4.45. The molecule has 0 unspecified atom stereocenters. The first-order chi connectivity index (χ1) is 11.6. The molecule has 1 N–H and O–H groups in total. The van der Waals surface area contributed by atoms with Crippen LogP contribution in [0.5, 0.6) is 5.75 Å². The van der Waals surface area contributed by atoms with E-state index >= 15 is 0 Å². The number of phenols is 1. The van der Waals surface area contributed by atoms with Crippen molar-refractivity contribution in [1.29, 1.82) is 0 Å². The van der Waals surface area contributed by atoms with E-state index in [9.17, 15) is 15.2 Å². The average Bonchev–Trinajstić information content (AvgIpc) is 2.61. The number of non-ortho nitro benzene ring substituents is 1. The molecule has 2 aromatic carbocycles. The summed E-state index contributed by atoms with van der Waals surface area (Å²) in [6, 6.07) is 14.1. The number of hydrogen-bond acceptors (Lipinski definition) is 5. The van der Waals surface area contributed by atoms with Gasteiger partial charge in [-0.2, -0.15) is 0 Å². The van der Waals surface area contributed by atoms with Gasteiger partial charge in [0.2, 0.25) is 0 Å². The van der Waals surface area contributed by atoms with E-state index in [1.165, 1.54) is 0 Å². The van der Waals surface area contributed by atoms with Gasteiger partial charge in [-0.25, -0.2) is 0 Å². The van der Waals surface area contributed by atoms with Crippen molar-refractivity contribution >= 4 is 11.4 Å². The summed E-state index contributed by atoms with van der Waals surface area (Å²) < 4.78 is 0. The van der Waals surface area contributed by atoms with Crippen LogP contribution in [0, 0.1) is 10.1 Å². The fourth-order valence-corrected chi connectivity index (χ4v) is 2.96. The van der Waals surface area contributed by atoms with E-state index in [1.54, 1.807) is 24.3 Å². The summed E-state index contributed by atoms with van der Waals surface area (Å²) in [5.74, 6) is 0.292. The topological polar surface area (TPSA) is 69.9 Å². The van der Waals surface area contributed by atoms with Gasteiger partial charge in [0.05, 0.1) is 4.92 Å². The third kappa shape index (κ3) is 4.02. The van der Waals surface area contributed by atoms with Crippen molar-refractivity contribution < 1.29 is 10.0 Å². The minimum atomic E-state index is -0.369. The van der Waals surface area contributed by atoms with Crippen molar-refractivity contribution in [3.63, 3.8) is 0 Å². The number of anilines is 1. The Labute approximate surface area is 141 Å². The van der Waals surface area contributed by atoms with Crippen LogP contribution < -0.4 is 4.90 Å². The van der Waals surface area contributed by atoms with Crippen LogP contribution >= 0.6 is 0 Å².